The summed E-state index contributed by atoms with van der Waals surface area (Å²) in [7, 11) is 0. The second-order valence-corrected chi connectivity index (χ2v) is 4.13. The van der Waals surface area contributed by atoms with Crippen molar-refractivity contribution in [3.8, 4) is 0 Å². The van der Waals surface area contributed by atoms with Crippen LogP contribution in [0.1, 0.15) is 26.7 Å². The maximum atomic E-state index is 11.4. The third-order valence-corrected chi connectivity index (χ3v) is 2.18. The van der Waals surface area contributed by atoms with Gasteiger partial charge in [0.2, 0.25) is 5.91 Å². The second kappa shape index (κ2) is 7.86. The Bertz CT molecular complexity index is 262. The highest BCUT2D eigenvalue weighted by molar-refractivity contribution is 5.78. The summed E-state index contributed by atoms with van der Waals surface area (Å²) in [6.45, 7) is 3.86. The molecule has 0 aliphatic heterocycles. The number of carbonyl (C=O) groups is 1. The van der Waals surface area contributed by atoms with E-state index in [1.165, 1.54) is 0 Å². The van der Waals surface area contributed by atoms with E-state index in [1.807, 2.05) is 0 Å². The average molecular weight is 246 g/mol. The molecule has 0 aromatic carbocycles. The molecule has 100 valence electrons. The lowest BCUT2D eigenvalue weighted by Gasteiger charge is -2.21. The average Bonchev–Trinajstić information content (AvgIpc) is 2.21. The van der Waals surface area contributed by atoms with Crippen molar-refractivity contribution in [1.82, 2.24) is 5.32 Å². The van der Waals surface area contributed by atoms with Crippen LogP contribution >= 0.6 is 0 Å². The van der Waals surface area contributed by atoms with Gasteiger partial charge in [-0.3, -0.25) is 9.79 Å². The molecule has 0 aliphatic carbocycles. The summed E-state index contributed by atoms with van der Waals surface area (Å²) in [6.07, 6.45) is -0.636. The van der Waals surface area contributed by atoms with Gasteiger partial charge in [-0.15, -0.1) is 0 Å². The Hall–Kier alpha value is -1.34. The van der Waals surface area contributed by atoms with E-state index in [4.69, 9.17) is 21.7 Å². The molecule has 7 N–H and O–H groups in total. The molecule has 0 radical (unpaired) electrons. The smallest absolute Gasteiger partial charge is 0.222 e. The first kappa shape index (κ1) is 15.7. The molecule has 0 saturated heterocycles. The van der Waals surface area contributed by atoms with E-state index < -0.39 is 12.3 Å². The summed E-state index contributed by atoms with van der Waals surface area (Å²) in [5.41, 5.74) is 10.3. The molecule has 0 bridgehead atoms. The Morgan fingerprint density at radius 3 is 2.35 bits per heavy atom. The van der Waals surface area contributed by atoms with Crippen molar-refractivity contribution in [2.45, 2.75) is 39.0 Å². The molecule has 0 aliphatic rings. The standard InChI is InChI=1S/C10H22N4O3/c1-6(2)8(15)14-7(9(16)17)4-3-5-13-10(11)12/h6-7,9,16-17H,3-5H2,1-2H3,(H,14,15)(H4,11,12,13). The monoisotopic (exact) mass is 246 g/mol. The van der Waals surface area contributed by atoms with E-state index in [-0.39, 0.29) is 17.8 Å². The molecule has 7 heteroatoms. The number of rotatable bonds is 7. The molecule has 0 saturated carbocycles. The number of aliphatic imine (C=N–C) groups is 1. The van der Waals surface area contributed by atoms with Gasteiger partial charge in [-0.25, -0.2) is 0 Å². The lowest BCUT2D eigenvalue weighted by Crippen LogP contribution is -2.45. The fourth-order valence-electron chi connectivity index (χ4n) is 1.16. The van der Waals surface area contributed by atoms with Gasteiger partial charge in [-0.1, -0.05) is 13.8 Å². The molecule has 1 amide bonds. The Balaban J connectivity index is 4.08. The van der Waals surface area contributed by atoms with E-state index in [0.29, 0.717) is 19.4 Å². The number of hydrogen-bond donors (Lipinski definition) is 5. The fraction of sp³-hybridized carbons (Fsp3) is 0.800. The molecule has 0 aromatic heterocycles. The van der Waals surface area contributed by atoms with Crippen molar-refractivity contribution < 1.29 is 15.0 Å². The molecule has 0 aromatic rings. The highest BCUT2D eigenvalue weighted by atomic mass is 16.5. The van der Waals surface area contributed by atoms with Gasteiger partial charge in [-0.2, -0.15) is 0 Å². The normalized spacial score (nSPS) is 12.6. The first-order chi connectivity index (χ1) is 7.84. The third-order valence-electron chi connectivity index (χ3n) is 2.18. The van der Waals surface area contributed by atoms with Crippen LogP contribution in [-0.2, 0) is 4.79 Å². The number of carbonyl (C=O) groups excluding carboxylic acids is 1. The predicted octanol–water partition coefficient (Wildman–Crippen LogP) is -1.51. The van der Waals surface area contributed by atoms with Crippen LogP contribution in [-0.4, -0.2) is 41.0 Å². The van der Waals surface area contributed by atoms with Gasteiger partial charge in [0.05, 0.1) is 6.04 Å². The van der Waals surface area contributed by atoms with Gasteiger partial charge in [0.15, 0.2) is 12.2 Å². The molecule has 0 heterocycles. The zero-order valence-electron chi connectivity index (χ0n) is 10.3. The largest absolute Gasteiger partial charge is 0.370 e. The summed E-state index contributed by atoms with van der Waals surface area (Å²) >= 11 is 0. The Kier molecular flexibility index (Phi) is 7.24. The summed E-state index contributed by atoms with van der Waals surface area (Å²) in [4.78, 5) is 15.2. The van der Waals surface area contributed by atoms with Gasteiger partial charge in [0.1, 0.15) is 0 Å². The quantitative estimate of drug-likeness (QED) is 0.161. The summed E-state index contributed by atoms with van der Waals surface area (Å²) in [6, 6.07) is -0.695. The molecule has 7 nitrogen and oxygen atoms in total. The lowest BCUT2D eigenvalue weighted by atomic mass is 10.1. The molecule has 1 atom stereocenters. The first-order valence-electron chi connectivity index (χ1n) is 5.56. The van der Waals surface area contributed by atoms with E-state index in [9.17, 15) is 4.79 Å². The Labute approximate surface area is 101 Å². The van der Waals surface area contributed by atoms with Crippen molar-refractivity contribution in [2.24, 2.45) is 22.4 Å². The van der Waals surface area contributed by atoms with Crippen molar-refractivity contribution in [3.05, 3.63) is 0 Å². The highest BCUT2D eigenvalue weighted by Gasteiger charge is 2.19. The van der Waals surface area contributed by atoms with Crippen LogP contribution in [0, 0.1) is 5.92 Å². The summed E-state index contributed by atoms with van der Waals surface area (Å²) in [5.74, 6) is -0.420. The van der Waals surface area contributed by atoms with E-state index in [1.54, 1.807) is 13.8 Å². The number of hydrogen-bond acceptors (Lipinski definition) is 4. The Morgan fingerprint density at radius 1 is 1.35 bits per heavy atom. The van der Waals surface area contributed by atoms with E-state index >= 15 is 0 Å². The van der Waals surface area contributed by atoms with Crippen LogP contribution < -0.4 is 16.8 Å². The van der Waals surface area contributed by atoms with Crippen LogP contribution in [0.4, 0.5) is 0 Å². The maximum absolute atomic E-state index is 11.4. The zero-order chi connectivity index (χ0) is 13.4. The number of amides is 1. The highest BCUT2D eigenvalue weighted by Crippen LogP contribution is 2.03. The van der Waals surface area contributed by atoms with Gasteiger partial charge in [0.25, 0.3) is 0 Å². The summed E-state index contributed by atoms with van der Waals surface area (Å²) in [5, 5.41) is 20.8. The molecule has 1 unspecified atom stereocenters. The van der Waals surface area contributed by atoms with Crippen LogP contribution in [0.5, 0.6) is 0 Å². The van der Waals surface area contributed by atoms with Crippen molar-refractivity contribution in [2.75, 3.05) is 6.54 Å². The number of guanidine groups is 1. The number of nitrogens with two attached hydrogens (primary N) is 2. The second-order valence-electron chi connectivity index (χ2n) is 4.13. The summed E-state index contributed by atoms with van der Waals surface area (Å²) < 4.78 is 0. The fourth-order valence-corrected chi connectivity index (χ4v) is 1.16. The maximum Gasteiger partial charge on any atom is 0.222 e. The molecule has 0 spiro atoms. The van der Waals surface area contributed by atoms with E-state index in [0.717, 1.165) is 0 Å². The minimum absolute atomic E-state index is 0.00249. The molecular weight excluding hydrogens is 224 g/mol. The predicted molar refractivity (Wildman–Crippen MR) is 64.9 cm³/mol. The zero-order valence-corrected chi connectivity index (χ0v) is 10.3. The van der Waals surface area contributed by atoms with Gasteiger partial charge in [0, 0.05) is 12.5 Å². The van der Waals surface area contributed by atoms with Gasteiger partial charge in [-0.05, 0) is 12.8 Å². The first-order valence-corrected chi connectivity index (χ1v) is 5.56. The van der Waals surface area contributed by atoms with Crippen LogP contribution in [0.3, 0.4) is 0 Å². The number of aliphatic hydroxyl groups excluding tert-OH is 1. The van der Waals surface area contributed by atoms with Crippen LogP contribution in [0.15, 0.2) is 4.99 Å². The van der Waals surface area contributed by atoms with Crippen molar-refractivity contribution in [1.29, 1.82) is 0 Å². The molecular formula is C10H22N4O3. The lowest BCUT2D eigenvalue weighted by molar-refractivity contribution is -0.130. The van der Waals surface area contributed by atoms with Crippen molar-refractivity contribution in [3.63, 3.8) is 0 Å². The van der Waals surface area contributed by atoms with Crippen molar-refractivity contribution >= 4 is 11.9 Å². The third kappa shape index (κ3) is 7.53. The SMILES string of the molecule is CC(C)C(=O)NC(CCCN=C(N)N)C(O)O. The van der Waals surface area contributed by atoms with Crippen LogP contribution in [0.2, 0.25) is 0 Å². The van der Waals surface area contributed by atoms with Crippen LogP contribution in [0.25, 0.3) is 0 Å². The minimum Gasteiger partial charge on any atom is -0.370 e. The number of aliphatic hydroxyl groups is 2. The number of nitrogens with zero attached hydrogens (tertiary/aromatic N) is 1. The van der Waals surface area contributed by atoms with Gasteiger partial charge < -0.3 is 27.0 Å². The topological polar surface area (TPSA) is 134 Å². The number of nitrogens with one attached hydrogen (secondary N) is 1. The Morgan fingerprint density at radius 2 is 1.94 bits per heavy atom. The molecule has 0 rings (SSSR count). The van der Waals surface area contributed by atoms with E-state index in [2.05, 4.69) is 10.3 Å². The molecule has 0 fully saturated rings. The van der Waals surface area contributed by atoms with Gasteiger partial charge >= 0.3 is 0 Å². The molecule has 17 heavy (non-hydrogen) atoms. The minimum atomic E-state index is -1.59.